The average Bonchev–Trinajstić information content (AvgIpc) is 2.74. The van der Waals surface area contributed by atoms with Crippen LogP contribution >= 0.6 is 0 Å². The lowest BCUT2D eigenvalue weighted by atomic mass is 10.0. The Morgan fingerprint density at radius 1 is 1.10 bits per heavy atom. The molecule has 1 saturated carbocycles. The van der Waals surface area contributed by atoms with Gasteiger partial charge in [-0.15, -0.1) is 0 Å². The summed E-state index contributed by atoms with van der Waals surface area (Å²) in [6.45, 7) is 9.66. The van der Waals surface area contributed by atoms with E-state index in [1.54, 1.807) is 12.4 Å². The molecule has 21 heavy (non-hydrogen) atoms. The maximum atomic E-state index is 14.0. The number of aromatic nitrogens is 2. The van der Waals surface area contributed by atoms with Crippen LogP contribution in [-0.4, -0.2) is 9.55 Å². The summed E-state index contributed by atoms with van der Waals surface area (Å²) in [6, 6.07) is 3.90. The molecule has 1 heterocycles. The second kappa shape index (κ2) is 4.39. The Kier molecular flexibility index (Phi) is 2.98. The van der Waals surface area contributed by atoms with E-state index in [-0.39, 0.29) is 16.4 Å². The van der Waals surface area contributed by atoms with E-state index in [4.69, 9.17) is 0 Å². The van der Waals surface area contributed by atoms with E-state index in [1.807, 2.05) is 4.57 Å². The molecule has 0 unspecified atom stereocenters. The van der Waals surface area contributed by atoms with Gasteiger partial charge in [-0.25, -0.2) is 13.8 Å². The fraction of sp³-hybridized carbons (Fsp3) is 0.471. The highest BCUT2D eigenvalue weighted by atomic mass is 19.1. The molecule has 0 radical (unpaired) electrons. The Morgan fingerprint density at radius 3 is 2.19 bits per heavy atom. The van der Waals surface area contributed by atoms with Gasteiger partial charge in [0.05, 0.1) is 5.56 Å². The summed E-state index contributed by atoms with van der Waals surface area (Å²) in [5.74, 6) is -0.314. The third-order valence-electron chi connectivity index (χ3n) is 5.60. The second-order valence-electron chi connectivity index (χ2n) is 7.00. The molecule has 2 aromatic rings. The normalized spacial score (nSPS) is 19.7. The standard InChI is InChI=1S/C17H20F2N2/c1-16(2)13(17(16,3)4)10-21-9-8-20-15(21)14-11(18)6-5-7-12(14)19/h5-9,13H,10H2,1-4H3. The molecule has 1 aliphatic carbocycles. The molecule has 4 heteroatoms. The van der Waals surface area contributed by atoms with E-state index in [0.717, 1.165) is 6.54 Å². The number of rotatable bonds is 3. The lowest BCUT2D eigenvalue weighted by molar-refractivity contribution is 0.457. The average molecular weight is 290 g/mol. The molecule has 0 spiro atoms. The number of benzene rings is 1. The molecule has 0 atom stereocenters. The smallest absolute Gasteiger partial charge is 0.145 e. The van der Waals surface area contributed by atoms with E-state index in [1.165, 1.54) is 18.2 Å². The van der Waals surface area contributed by atoms with Gasteiger partial charge in [-0.3, -0.25) is 0 Å². The van der Waals surface area contributed by atoms with Crippen LogP contribution < -0.4 is 0 Å². The van der Waals surface area contributed by atoms with Crippen molar-refractivity contribution >= 4 is 0 Å². The van der Waals surface area contributed by atoms with E-state index in [2.05, 4.69) is 32.7 Å². The van der Waals surface area contributed by atoms with Crippen LogP contribution in [0.3, 0.4) is 0 Å². The second-order valence-corrected chi connectivity index (χ2v) is 7.00. The van der Waals surface area contributed by atoms with Crippen molar-refractivity contribution in [3.05, 3.63) is 42.2 Å². The summed E-state index contributed by atoms with van der Waals surface area (Å²) in [4.78, 5) is 4.17. The minimum atomic E-state index is -0.572. The van der Waals surface area contributed by atoms with Crippen LogP contribution in [0.5, 0.6) is 0 Å². The van der Waals surface area contributed by atoms with Gasteiger partial charge < -0.3 is 4.57 Å². The SMILES string of the molecule is CC1(C)C(Cn2ccnc2-c2c(F)cccc2F)C1(C)C. The Labute approximate surface area is 123 Å². The minimum Gasteiger partial charge on any atom is -0.330 e. The van der Waals surface area contributed by atoms with E-state index in [0.29, 0.717) is 11.7 Å². The summed E-state index contributed by atoms with van der Waals surface area (Å²) in [5.41, 5.74) is 0.406. The summed E-state index contributed by atoms with van der Waals surface area (Å²) in [7, 11) is 0. The van der Waals surface area contributed by atoms with Crippen LogP contribution in [0.1, 0.15) is 27.7 Å². The van der Waals surface area contributed by atoms with Gasteiger partial charge in [0.15, 0.2) is 0 Å². The molecule has 0 N–H and O–H groups in total. The Morgan fingerprint density at radius 2 is 1.67 bits per heavy atom. The van der Waals surface area contributed by atoms with Crippen LogP contribution in [0.15, 0.2) is 30.6 Å². The third-order valence-corrected chi connectivity index (χ3v) is 5.60. The molecule has 0 saturated heterocycles. The number of halogens is 2. The topological polar surface area (TPSA) is 17.8 Å². The predicted octanol–water partition coefficient (Wildman–Crippen LogP) is 4.51. The van der Waals surface area contributed by atoms with Crippen LogP contribution in [-0.2, 0) is 6.54 Å². The molecule has 1 aromatic carbocycles. The summed E-state index contributed by atoms with van der Waals surface area (Å²) in [5, 5.41) is 0. The van der Waals surface area contributed by atoms with Gasteiger partial charge in [0, 0.05) is 18.9 Å². The van der Waals surface area contributed by atoms with Gasteiger partial charge >= 0.3 is 0 Å². The predicted molar refractivity (Wildman–Crippen MR) is 78.6 cm³/mol. The van der Waals surface area contributed by atoms with Gasteiger partial charge in [0.25, 0.3) is 0 Å². The highest BCUT2D eigenvalue weighted by Gasteiger charge is 2.64. The van der Waals surface area contributed by atoms with Crippen LogP contribution in [0.2, 0.25) is 0 Å². The monoisotopic (exact) mass is 290 g/mol. The van der Waals surface area contributed by atoms with Gasteiger partial charge in [0.2, 0.25) is 0 Å². The third kappa shape index (κ3) is 2.00. The summed E-state index contributed by atoms with van der Waals surface area (Å²) >= 11 is 0. The van der Waals surface area contributed by atoms with E-state index in [9.17, 15) is 8.78 Å². The Bertz CT molecular complexity index is 652. The molecule has 3 rings (SSSR count). The summed E-state index contributed by atoms with van der Waals surface area (Å²) < 4.78 is 29.8. The van der Waals surface area contributed by atoms with Crippen LogP contribution in [0, 0.1) is 28.4 Å². The highest BCUT2D eigenvalue weighted by molar-refractivity contribution is 5.57. The number of imidazole rings is 1. The summed E-state index contributed by atoms with van der Waals surface area (Å²) in [6.07, 6.45) is 3.40. The van der Waals surface area contributed by atoms with Crippen molar-refractivity contribution in [2.75, 3.05) is 0 Å². The van der Waals surface area contributed by atoms with Gasteiger partial charge in [0.1, 0.15) is 17.5 Å². The molecule has 1 fully saturated rings. The quantitative estimate of drug-likeness (QED) is 0.813. The zero-order valence-corrected chi connectivity index (χ0v) is 12.8. The van der Waals surface area contributed by atoms with Crippen molar-refractivity contribution in [2.45, 2.75) is 34.2 Å². The maximum Gasteiger partial charge on any atom is 0.145 e. The van der Waals surface area contributed by atoms with E-state index >= 15 is 0 Å². The molecular weight excluding hydrogens is 270 g/mol. The largest absolute Gasteiger partial charge is 0.330 e. The molecule has 1 aliphatic rings. The van der Waals surface area contributed by atoms with Crippen molar-refractivity contribution in [1.29, 1.82) is 0 Å². The Hall–Kier alpha value is -1.71. The number of nitrogens with zero attached hydrogens (tertiary/aromatic N) is 2. The van der Waals surface area contributed by atoms with Crippen molar-refractivity contribution in [3.63, 3.8) is 0 Å². The number of hydrogen-bond donors (Lipinski definition) is 0. The fourth-order valence-electron chi connectivity index (χ4n) is 3.38. The van der Waals surface area contributed by atoms with Crippen molar-refractivity contribution < 1.29 is 8.78 Å². The first-order valence-electron chi connectivity index (χ1n) is 7.22. The van der Waals surface area contributed by atoms with E-state index < -0.39 is 11.6 Å². The molecule has 0 aliphatic heterocycles. The first-order chi connectivity index (χ1) is 9.76. The zero-order valence-electron chi connectivity index (χ0n) is 12.8. The zero-order chi connectivity index (χ0) is 15.4. The molecule has 0 bridgehead atoms. The molecule has 1 aromatic heterocycles. The highest BCUT2D eigenvalue weighted by Crippen LogP contribution is 2.68. The van der Waals surface area contributed by atoms with Crippen molar-refractivity contribution in [1.82, 2.24) is 9.55 Å². The van der Waals surface area contributed by atoms with Gasteiger partial charge in [-0.05, 0) is 28.9 Å². The molecule has 2 nitrogen and oxygen atoms in total. The van der Waals surface area contributed by atoms with Crippen molar-refractivity contribution in [3.8, 4) is 11.4 Å². The van der Waals surface area contributed by atoms with Crippen molar-refractivity contribution in [2.24, 2.45) is 16.7 Å². The molecular formula is C17H20F2N2. The lowest BCUT2D eigenvalue weighted by Crippen LogP contribution is -2.07. The van der Waals surface area contributed by atoms with Crippen LogP contribution in [0.25, 0.3) is 11.4 Å². The van der Waals surface area contributed by atoms with Gasteiger partial charge in [-0.2, -0.15) is 0 Å². The first kappa shape index (κ1) is 14.2. The fourth-order valence-corrected chi connectivity index (χ4v) is 3.38. The lowest BCUT2D eigenvalue weighted by Gasteiger charge is -2.10. The Balaban J connectivity index is 1.97. The van der Waals surface area contributed by atoms with Crippen LogP contribution in [0.4, 0.5) is 8.78 Å². The maximum absolute atomic E-state index is 14.0. The minimum absolute atomic E-state index is 0.0428. The number of hydrogen-bond acceptors (Lipinski definition) is 1. The molecule has 112 valence electrons. The van der Waals surface area contributed by atoms with Gasteiger partial charge in [-0.1, -0.05) is 33.8 Å². The molecule has 0 amide bonds. The first-order valence-corrected chi connectivity index (χ1v) is 7.22.